The number of benzene rings is 1. The summed E-state index contributed by atoms with van der Waals surface area (Å²) in [4.78, 5) is 22.9. The molecule has 1 aromatic rings. The molecule has 110 valence electrons. The average Bonchev–Trinajstić information content (AvgIpc) is 2.37. The summed E-state index contributed by atoms with van der Waals surface area (Å²) in [5.41, 5.74) is -0.128. The Labute approximate surface area is 118 Å². The zero-order chi connectivity index (χ0) is 15.3. The van der Waals surface area contributed by atoms with Gasteiger partial charge in [0.05, 0.1) is 18.6 Å². The van der Waals surface area contributed by atoms with Gasteiger partial charge in [-0.2, -0.15) is 0 Å². The van der Waals surface area contributed by atoms with Gasteiger partial charge in [0.15, 0.2) is 0 Å². The summed E-state index contributed by atoms with van der Waals surface area (Å²) < 4.78 is 5.07. The molecule has 0 aliphatic heterocycles. The zero-order valence-corrected chi connectivity index (χ0v) is 12.3. The number of hydrogen-bond acceptors (Lipinski definition) is 3. The third-order valence-corrected chi connectivity index (χ3v) is 3.17. The van der Waals surface area contributed by atoms with E-state index in [1.165, 1.54) is 13.8 Å². The van der Waals surface area contributed by atoms with Crippen LogP contribution in [0.15, 0.2) is 24.3 Å². The van der Waals surface area contributed by atoms with Crippen LogP contribution in [0, 0.1) is 5.41 Å². The SMILES string of the molecule is COc1ccc([C@H](C)NC(=O)CC(C)(C)C(=O)O)cc1. The van der Waals surface area contributed by atoms with Crippen molar-refractivity contribution in [3.8, 4) is 5.75 Å². The Kier molecular flexibility index (Phi) is 5.13. The summed E-state index contributed by atoms with van der Waals surface area (Å²) in [5.74, 6) is -0.509. The molecule has 5 heteroatoms. The normalized spacial score (nSPS) is 12.6. The molecule has 0 bridgehead atoms. The van der Waals surface area contributed by atoms with E-state index >= 15 is 0 Å². The highest BCUT2D eigenvalue weighted by molar-refractivity contribution is 5.84. The van der Waals surface area contributed by atoms with Gasteiger partial charge < -0.3 is 15.2 Å². The van der Waals surface area contributed by atoms with E-state index in [1.54, 1.807) is 7.11 Å². The van der Waals surface area contributed by atoms with Gasteiger partial charge in [0, 0.05) is 6.42 Å². The van der Waals surface area contributed by atoms with Gasteiger partial charge in [-0.25, -0.2) is 0 Å². The topological polar surface area (TPSA) is 75.6 Å². The van der Waals surface area contributed by atoms with E-state index in [4.69, 9.17) is 9.84 Å². The number of rotatable bonds is 6. The van der Waals surface area contributed by atoms with Crippen molar-refractivity contribution >= 4 is 11.9 Å². The number of ether oxygens (including phenoxy) is 1. The fourth-order valence-electron chi connectivity index (χ4n) is 1.75. The van der Waals surface area contributed by atoms with Crippen molar-refractivity contribution in [2.24, 2.45) is 5.41 Å². The number of methoxy groups -OCH3 is 1. The fraction of sp³-hybridized carbons (Fsp3) is 0.467. The van der Waals surface area contributed by atoms with Crippen LogP contribution < -0.4 is 10.1 Å². The van der Waals surface area contributed by atoms with Crippen LogP contribution in [0.25, 0.3) is 0 Å². The van der Waals surface area contributed by atoms with Gasteiger partial charge in [-0.1, -0.05) is 12.1 Å². The van der Waals surface area contributed by atoms with Crippen molar-refractivity contribution in [1.29, 1.82) is 0 Å². The molecule has 5 nitrogen and oxygen atoms in total. The Morgan fingerprint density at radius 3 is 2.30 bits per heavy atom. The molecule has 1 amide bonds. The highest BCUT2D eigenvalue weighted by atomic mass is 16.5. The van der Waals surface area contributed by atoms with E-state index in [9.17, 15) is 9.59 Å². The lowest BCUT2D eigenvalue weighted by molar-refractivity contribution is -0.149. The zero-order valence-electron chi connectivity index (χ0n) is 12.3. The minimum atomic E-state index is -1.07. The second-order valence-electron chi connectivity index (χ2n) is 5.43. The molecule has 1 aromatic carbocycles. The quantitative estimate of drug-likeness (QED) is 0.838. The number of aliphatic carboxylic acids is 1. The van der Waals surface area contributed by atoms with Crippen molar-refractivity contribution in [2.75, 3.05) is 7.11 Å². The van der Waals surface area contributed by atoms with Crippen LogP contribution in [0.3, 0.4) is 0 Å². The summed E-state index contributed by atoms with van der Waals surface area (Å²) in [5, 5.41) is 11.8. The molecule has 0 radical (unpaired) electrons. The van der Waals surface area contributed by atoms with Crippen LogP contribution >= 0.6 is 0 Å². The van der Waals surface area contributed by atoms with E-state index in [0.717, 1.165) is 11.3 Å². The Balaban J connectivity index is 2.63. The first-order chi connectivity index (χ1) is 9.26. The van der Waals surface area contributed by atoms with Gasteiger partial charge in [-0.15, -0.1) is 0 Å². The second-order valence-corrected chi connectivity index (χ2v) is 5.43. The van der Waals surface area contributed by atoms with Gasteiger partial charge in [-0.3, -0.25) is 9.59 Å². The number of carbonyl (C=O) groups excluding carboxylic acids is 1. The summed E-state index contributed by atoms with van der Waals surface area (Å²) in [7, 11) is 1.59. The number of amides is 1. The van der Waals surface area contributed by atoms with Crippen LogP contribution in [-0.4, -0.2) is 24.1 Å². The van der Waals surface area contributed by atoms with Gasteiger partial charge in [0.1, 0.15) is 5.75 Å². The highest BCUT2D eigenvalue weighted by Crippen LogP contribution is 2.22. The first kappa shape index (κ1) is 16.0. The Morgan fingerprint density at radius 2 is 1.85 bits per heavy atom. The number of nitrogens with one attached hydrogen (secondary N) is 1. The van der Waals surface area contributed by atoms with E-state index in [-0.39, 0.29) is 18.4 Å². The smallest absolute Gasteiger partial charge is 0.309 e. The molecule has 0 heterocycles. The molecule has 1 rings (SSSR count). The Bertz CT molecular complexity index is 479. The predicted octanol–water partition coefficient (Wildman–Crippen LogP) is 2.37. The van der Waals surface area contributed by atoms with E-state index in [2.05, 4.69) is 5.32 Å². The van der Waals surface area contributed by atoms with E-state index in [0.29, 0.717) is 0 Å². The van der Waals surface area contributed by atoms with Gasteiger partial charge in [0.25, 0.3) is 0 Å². The maximum Gasteiger partial charge on any atom is 0.309 e. The van der Waals surface area contributed by atoms with E-state index < -0.39 is 11.4 Å². The predicted molar refractivity (Wildman–Crippen MR) is 75.6 cm³/mol. The van der Waals surface area contributed by atoms with Crippen molar-refractivity contribution < 1.29 is 19.4 Å². The van der Waals surface area contributed by atoms with Gasteiger partial charge in [-0.05, 0) is 38.5 Å². The lowest BCUT2D eigenvalue weighted by Gasteiger charge is -2.21. The van der Waals surface area contributed by atoms with Gasteiger partial charge >= 0.3 is 5.97 Å². The molecule has 0 saturated heterocycles. The fourth-order valence-corrected chi connectivity index (χ4v) is 1.75. The third kappa shape index (κ3) is 4.26. The molecule has 0 saturated carbocycles. The summed E-state index contributed by atoms with van der Waals surface area (Å²) in [6, 6.07) is 7.19. The molecule has 20 heavy (non-hydrogen) atoms. The maximum absolute atomic E-state index is 11.9. The summed E-state index contributed by atoms with van der Waals surface area (Å²) >= 11 is 0. The second kappa shape index (κ2) is 6.41. The summed E-state index contributed by atoms with van der Waals surface area (Å²) in [6.07, 6.45) is -0.0527. The lowest BCUT2D eigenvalue weighted by atomic mass is 9.89. The monoisotopic (exact) mass is 279 g/mol. The molecule has 2 N–H and O–H groups in total. The standard InChI is InChI=1S/C15H21NO4/c1-10(11-5-7-12(20-4)8-6-11)16-13(17)9-15(2,3)14(18)19/h5-8,10H,9H2,1-4H3,(H,16,17)(H,18,19)/t10-/m0/s1. The van der Waals surface area contributed by atoms with Crippen LogP contribution in [0.2, 0.25) is 0 Å². The Hall–Kier alpha value is -2.04. The number of carbonyl (C=O) groups is 2. The minimum Gasteiger partial charge on any atom is -0.497 e. The number of hydrogen-bond donors (Lipinski definition) is 2. The lowest BCUT2D eigenvalue weighted by Crippen LogP contribution is -2.34. The van der Waals surface area contributed by atoms with Crippen molar-refractivity contribution in [3.63, 3.8) is 0 Å². The molecule has 0 spiro atoms. The van der Waals surface area contributed by atoms with E-state index in [1.807, 2.05) is 31.2 Å². The molecule has 0 unspecified atom stereocenters. The first-order valence-electron chi connectivity index (χ1n) is 6.43. The number of carboxylic acids is 1. The number of carboxylic acid groups (broad SMARTS) is 1. The highest BCUT2D eigenvalue weighted by Gasteiger charge is 2.30. The van der Waals surface area contributed by atoms with Gasteiger partial charge in [0.2, 0.25) is 5.91 Å². The molecule has 1 atom stereocenters. The van der Waals surface area contributed by atoms with Crippen LogP contribution in [0.1, 0.15) is 38.8 Å². The van der Waals surface area contributed by atoms with Crippen LogP contribution in [0.4, 0.5) is 0 Å². The van der Waals surface area contributed by atoms with Crippen molar-refractivity contribution in [3.05, 3.63) is 29.8 Å². The molecule has 0 aliphatic carbocycles. The van der Waals surface area contributed by atoms with Crippen molar-refractivity contribution in [2.45, 2.75) is 33.2 Å². The first-order valence-corrected chi connectivity index (χ1v) is 6.43. The third-order valence-electron chi connectivity index (χ3n) is 3.17. The molecular weight excluding hydrogens is 258 g/mol. The summed E-state index contributed by atoms with van der Waals surface area (Å²) in [6.45, 7) is 4.92. The maximum atomic E-state index is 11.9. The minimum absolute atomic E-state index is 0.0527. The van der Waals surface area contributed by atoms with Crippen LogP contribution in [-0.2, 0) is 9.59 Å². The molecule has 0 aromatic heterocycles. The molecular formula is C15H21NO4. The Morgan fingerprint density at radius 1 is 1.30 bits per heavy atom. The van der Waals surface area contributed by atoms with Crippen LogP contribution in [0.5, 0.6) is 5.75 Å². The molecule has 0 fully saturated rings. The molecule has 0 aliphatic rings. The largest absolute Gasteiger partial charge is 0.497 e. The average molecular weight is 279 g/mol. The van der Waals surface area contributed by atoms with Crippen molar-refractivity contribution in [1.82, 2.24) is 5.32 Å².